The van der Waals surface area contributed by atoms with Crippen LogP contribution in [0.1, 0.15) is 53.9 Å². The zero-order chi connectivity index (χ0) is 18.1. The number of piperidine rings is 1. The molecule has 0 aromatic heterocycles. The Kier molecular flexibility index (Phi) is 5.78. The minimum absolute atomic E-state index is 0.0159. The highest BCUT2D eigenvalue weighted by Crippen LogP contribution is 2.35. The average Bonchev–Trinajstić information content (AvgIpc) is 2.93. The third-order valence-corrected chi connectivity index (χ3v) is 5.22. The van der Waals surface area contributed by atoms with E-state index in [0.717, 1.165) is 12.8 Å². The zero-order valence-corrected chi connectivity index (χ0v) is 15.7. The number of β-amino-alcohol motifs (C(OH)–C–C–N with tert-alkyl or cyclic N) is 1. The number of aliphatic hydroxyl groups is 1. The Hall–Kier alpha value is -1.30. The van der Waals surface area contributed by atoms with Crippen LogP contribution in [0.3, 0.4) is 0 Å². The SMILES string of the molecule is CC(C)NC(=O)N1CCC[C@H]1C(=O)N1CC[C@@H](C(C)(C)C)[C@@H](O)C1. The molecule has 2 rings (SSSR count). The molecule has 3 amide bonds. The number of carbonyl (C=O) groups excluding carboxylic acids is 2. The topological polar surface area (TPSA) is 72.9 Å². The molecule has 24 heavy (non-hydrogen) atoms. The summed E-state index contributed by atoms with van der Waals surface area (Å²) in [6.45, 7) is 11.9. The summed E-state index contributed by atoms with van der Waals surface area (Å²) in [6, 6.07) is -0.494. The van der Waals surface area contributed by atoms with Gasteiger partial charge in [-0.3, -0.25) is 4.79 Å². The summed E-state index contributed by atoms with van der Waals surface area (Å²) in [5.41, 5.74) is 0.0328. The second kappa shape index (κ2) is 7.30. The molecule has 0 unspecified atom stereocenters. The number of amides is 3. The predicted molar refractivity (Wildman–Crippen MR) is 93.5 cm³/mol. The highest BCUT2D eigenvalue weighted by Gasteiger charge is 2.41. The van der Waals surface area contributed by atoms with Gasteiger partial charge in [-0.05, 0) is 44.4 Å². The third kappa shape index (κ3) is 4.21. The van der Waals surface area contributed by atoms with Crippen molar-refractivity contribution < 1.29 is 14.7 Å². The predicted octanol–water partition coefficient (Wildman–Crippen LogP) is 1.82. The van der Waals surface area contributed by atoms with Crippen LogP contribution in [0.5, 0.6) is 0 Å². The molecule has 0 aromatic rings. The van der Waals surface area contributed by atoms with Crippen molar-refractivity contribution in [2.24, 2.45) is 11.3 Å². The van der Waals surface area contributed by atoms with Gasteiger partial charge in [0.25, 0.3) is 0 Å². The first-order valence-corrected chi connectivity index (χ1v) is 9.15. The lowest BCUT2D eigenvalue weighted by Crippen LogP contribution is -2.56. The number of urea groups is 1. The molecule has 0 aromatic carbocycles. The fourth-order valence-electron chi connectivity index (χ4n) is 3.95. The van der Waals surface area contributed by atoms with Crippen molar-refractivity contribution in [2.75, 3.05) is 19.6 Å². The molecule has 3 atom stereocenters. The van der Waals surface area contributed by atoms with E-state index in [2.05, 4.69) is 26.1 Å². The number of nitrogens with zero attached hydrogens (tertiary/aromatic N) is 2. The molecule has 0 bridgehead atoms. The quantitative estimate of drug-likeness (QED) is 0.806. The van der Waals surface area contributed by atoms with Gasteiger partial charge in [0.15, 0.2) is 0 Å². The van der Waals surface area contributed by atoms with Crippen LogP contribution < -0.4 is 5.32 Å². The lowest BCUT2D eigenvalue weighted by Gasteiger charge is -2.43. The van der Waals surface area contributed by atoms with Gasteiger partial charge in [0.2, 0.25) is 5.91 Å². The monoisotopic (exact) mass is 339 g/mol. The van der Waals surface area contributed by atoms with Crippen molar-refractivity contribution in [3.63, 3.8) is 0 Å². The molecule has 2 saturated heterocycles. The van der Waals surface area contributed by atoms with Crippen molar-refractivity contribution in [2.45, 2.75) is 72.1 Å². The smallest absolute Gasteiger partial charge is 0.318 e. The summed E-state index contributed by atoms with van der Waals surface area (Å²) in [7, 11) is 0. The molecule has 2 fully saturated rings. The maximum atomic E-state index is 12.9. The molecule has 6 nitrogen and oxygen atoms in total. The number of aliphatic hydroxyl groups excluding tert-OH is 1. The van der Waals surface area contributed by atoms with E-state index in [0.29, 0.717) is 26.1 Å². The average molecular weight is 339 g/mol. The van der Waals surface area contributed by atoms with Crippen LogP contribution in [-0.4, -0.2) is 64.7 Å². The number of likely N-dealkylation sites (tertiary alicyclic amines) is 2. The Balaban J connectivity index is 2.00. The van der Waals surface area contributed by atoms with Gasteiger partial charge in [-0.1, -0.05) is 20.8 Å². The molecule has 2 heterocycles. The Morgan fingerprint density at radius 2 is 1.83 bits per heavy atom. The Bertz CT molecular complexity index is 473. The molecule has 0 radical (unpaired) electrons. The highest BCUT2D eigenvalue weighted by molar-refractivity contribution is 5.87. The van der Waals surface area contributed by atoms with Gasteiger partial charge in [0.05, 0.1) is 6.10 Å². The number of nitrogens with one attached hydrogen (secondary N) is 1. The summed E-state index contributed by atoms with van der Waals surface area (Å²) in [5, 5.41) is 13.3. The van der Waals surface area contributed by atoms with Gasteiger partial charge >= 0.3 is 6.03 Å². The number of hydrogen-bond donors (Lipinski definition) is 2. The summed E-state index contributed by atoms with van der Waals surface area (Å²) >= 11 is 0. The molecule has 6 heteroatoms. The zero-order valence-electron chi connectivity index (χ0n) is 15.7. The summed E-state index contributed by atoms with van der Waals surface area (Å²) in [5.74, 6) is 0.184. The maximum Gasteiger partial charge on any atom is 0.318 e. The number of hydrogen-bond acceptors (Lipinski definition) is 3. The van der Waals surface area contributed by atoms with Crippen molar-refractivity contribution in [3.05, 3.63) is 0 Å². The lowest BCUT2D eigenvalue weighted by molar-refractivity contribution is -0.141. The number of rotatable bonds is 2. The van der Waals surface area contributed by atoms with Crippen LogP contribution in [0, 0.1) is 11.3 Å². The minimum Gasteiger partial charge on any atom is -0.391 e. The standard InChI is InChI=1S/C18H33N3O3/c1-12(2)19-17(24)21-9-6-7-14(21)16(23)20-10-8-13(15(22)11-20)18(3,4)5/h12-15,22H,6-11H2,1-5H3,(H,19,24)/t13-,14+,15+/m1/s1. The second-order valence-corrected chi connectivity index (χ2v) is 8.57. The van der Waals surface area contributed by atoms with Crippen LogP contribution in [-0.2, 0) is 4.79 Å². The van der Waals surface area contributed by atoms with Crippen LogP contribution in [0.4, 0.5) is 4.79 Å². The van der Waals surface area contributed by atoms with E-state index < -0.39 is 6.10 Å². The molecule has 2 aliphatic heterocycles. The second-order valence-electron chi connectivity index (χ2n) is 8.57. The fraction of sp³-hybridized carbons (Fsp3) is 0.889. The van der Waals surface area contributed by atoms with Crippen LogP contribution >= 0.6 is 0 Å². The molecule has 2 N–H and O–H groups in total. The Morgan fingerprint density at radius 3 is 2.38 bits per heavy atom. The van der Waals surface area contributed by atoms with Gasteiger partial charge in [-0.15, -0.1) is 0 Å². The molecule has 0 aliphatic carbocycles. The first-order chi connectivity index (χ1) is 11.1. The molecular weight excluding hydrogens is 306 g/mol. The van der Waals surface area contributed by atoms with Crippen LogP contribution in [0.2, 0.25) is 0 Å². The third-order valence-electron chi connectivity index (χ3n) is 5.22. The van der Waals surface area contributed by atoms with E-state index in [4.69, 9.17) is 0 Å². The van der Waals surface area contributed by atoms with E-state index in [-0.39, 0.29) is 35.4 Å². The van der Waals surface area contributed by atoms with Gasteiger partial charge < -0.3 is 20.2 Å². The first kappa shape index (κ1) is 19.0. The fourth-order valence-corrected chi connectivity index (χ4v) is 3.95. The molecule has 2 aliphatic rings. The molecule has 138 valence electrons. The minimum atomic E-state index is -0.498. The van der Waals surface area contributed by atoms with Gasteiger partial charge in [-0.2, -0.15) is 0 Å². The van der Waals surface area contributed by atoms with E-state index in [1.54, 1.807) is 9.80 Å². The lowest BCUT2D eigenvalue weighted by atomic mass is 9.73. The van der Waals surface area contributed by atoms with Crippen molar-refractivity contribution in [1.29, 1.82) is 0 Å². The van der Waals surface area contributed by atoms with E-state index in [1.165, 1.54) is 0 Å². The van der Waals surface area contributed by atoms with Crippen molar-refractivity contribution >= 4 is 11.9 Å². The van der Waals surface area contributed by atoms with E-state index >= 15 is 0 Å². The Morgan fingerprint density at radius 1 is 1.17 bits per heavy atom. The van der Waals surface area contributed by atoms with Gasteiger partial charge in [0, 0.05) is 25.7 Å². The van der Waals surface area contributed by atoms with E-state index in [9.17, 15) is 14.7 Å². The number of carbonyl (C=O) groups is 2. The summed E-state index contributed by atoms with van der Waals surface area (Å²) < 4.78 is 0. The summed E-state index contributed by atoms with van der Waals surface area (Å²) in [4.78, 5) is 28.6. The van der Waals surface area contributed by atoms with Gasteiger partial charge in [0.1, 0.15) is 6.04 Å². The van der Waals surface area contributed by atoms with Crippen molar-refractivity contribution in [1.82, 2.24) is 15.1 Å². The van der Waals surface area contributed by atoms with Gasteiger partial charge in [-0.25, -0.2) is 4.79 Å². The first-order valence-electron chi connectivity index (χ1n) is 9.15. The van der Waals surface area contributed by atoms with Crippen LogP contribution in [0.25, 0.3) is 0 Å². The highest BCUT2D eigenvalue weighted by atomic mass is 16.3. The van der Waals surface area contributed by atoms with E-state index in [1.807, 2.05) is 13.8 Å². The largest absolute Gasteiger partial charge is 0.391 e. The summed E-state index contributed by atoms with van der Waals surface area (Å²) in [6.07, 6.45) is 1.87. The van der Waals surface area contributed by atoms with Crippen LogP contribution in [0.15, 0.2) is 0 Å². The maximum absolute atomic E-state index is 12.9. The molecule has 0 spiro atoms. The molecular formula is C18H33N3O3. The molecule has 0 saturated carbocycles. The normalized spacial score (nSPS) is 28.4. The Labute approximate surface area is 145 Å². The van der Waals surface area contributed by atoms with Crippen molar-refractivity contribution in [3.8, 4) is 0 Å².